The first-order valence-electron chi connectivity index (χ1n) is 8.87. The van der Waals surface area contributed by atoms with E-state index in [1.54, 1.807) is 0 Å². The minimum Gasteiger partial charge on any atom is -0.360 e. The van der Waals surface area contributed by atoms with Gasteiger partial charge in [-0.05, 0) is 43.3 Å². The number of Topliss-reactive ketones (excluding diaryl/α,β-unsaturated/α-hetero) is 1. The Morgan fingerprint density at radius 1 is 1.04 bits per heavy atom. The summed E-state index contributed by atoms with van der Waals surface area (Å²) in [6.45, 7) is 4.69. The Morgan fingerprint density at radius 3 is 2.19 bits per heavy atom. The lowest BCUT2D eigenvalue weighted by Crippen LogP contribution is -3.15. The molecule has 2 aromatic carbocycles. The van der Waals surface area contributed by atoms with Crippen LogP contribution in [0.2, 0.25) is 0 Å². The van der Waals surface area contributed by atoms with Gasteiger partial charge in [-0.1, -0.05) is 6.07 Å². The Hall–Kier alpha value is -2.80. The van der Waals surface area contributed by atoms with Crippen molar-refractivity contribution >= 4 is 23.1 Å². The zero-order valence-corrected chi connectivity index (χ0v) is 15.1. The smallest absolute Gasteiger partial charge is 0.279 e. The fourth-order valence-corrected chi connectivity index (χ4v) is 3.19. The number of rotatable bonds is 5. The largest absolute Gasteiger partial charge is 0.360 e. The van der Waals surface area contributed by atoms with E-state index in [9.17, 15) is 18.4 Å². The third-order valence-corrected chi connectivity index (χ3v) is 4.75. The first-order valence-corrected chi connectivity index (χ1v) is 8.87. The van der Waals surface area contributed by atoms with Crippen molar-refractivity contribution in [3.63, 3.8) is 0 Å². The van der Waals surface area contributed by atoms with Crippen LogP contribution in [0.1, 0.15) is 17.3 Å². The van der Waals surface area contributed by atoms with Gasteiger partial charge < -0.3 is 15.1 Å². The highest BCUT2D eigenvalue weighted by atomic mass is 19.1. The molecule has 0 bridgehead atoms. The maximum absolute atomic E-state index is 13.6. The number of nitrogens with zero attached hydrogens (tertiary/aromatic N) is 1. The molecule has 2 N–H and O–H groups in total. The Bertz CT molecular complexity index is 811. The number of piperazine rings is 1. The van der Waals surface area contributed by atoms with Crippen molar-refractivity contribution in [3.05, 3.63) is 59.7 Å². The number of anilines is 2. The molecule has 1 aliphatic heterocycles. The number of carbonyl (C=O) groups excluding carboxylic acids is 2. The highest BCUT2D eigenvalue weighted by Crippen LogP contribution is 2.18. The molecule has 0 saturated carbocycles. The lowest BCUT2D eigenvalue weighted by molar-refractivity contribution is -0.892. The summed E-state index contributed by atoms with van der Waals surface area (Å²) in [7, 11) is 0. The van der Waals surface area contributed by atoms with Crippen molar-refractivity contribution in [2.24, 2.45) is 0 Å². The van der Waals surface area contributed by atoms with Crippen LogP contribution in [-0.2, 0) is 4.79 Å². The maximum atomic E-state index is 13.6. The van der Waals surface area contributed by atoms with Crippen molar-refractivity contribution < 1.29 is 23.3 Å². The van der Waals surface area contributed by atoms with Crippen LogP contribution in [0.4, 0.5) is 20.2 Å². The molecule has 1 heterocycles. The number of para-hydroxylation sites is 1. The topological polar surface area (TPSA) is 53.9 Å². The fourth-order valence-electron chi connectivity index (χ4n) is 3.19. The van der Waals surface area contributed by atoms with Crippen LogP contribution < -0.4 is 15.1 Å². The Kier molecular flexibility index (Phi) is 5.81. The SMILES string of the molecule is CC(=O)c1ccc(N2CC[NH+](CC(=O)Nc3c(F)cccc3F)CC2)cc1. The van der Waals surface area contributed by atoms with E-state index in [4.69, 9.17) is 0 Å². The van der Waals surface area contributed by atoms with E-state index in [-0.39, 0.29) is 12.3 Å². The number of benzene rings is 2. The van der Waals surface area contributed by atoms with E-state index in [0.717, 1.165) is 48.9 Å². The molecule has 1 saturated heterocycles. The van der Waals surface area contributed by atoms with E-state index >= 15 is 0 Å². The van der Waals surface area contributed by atoms with Crippen LogP contribution >= 0.6 is 0 Å². The molecule has 27 heavy (non-hydrogen) atoms. The Balaban J connectivity index is 1.52. The van der Waals surface area contributed by atoms with Gasteiger partial charge in [0.2, 0.25) is 0 Å². The molecule has 2 aromatic rings. The Morgan fingerprint density at radius 2 is 1.63 bits per heavy atom. The number of halogens is 2. The molecule has 0 spiro atoms. The van der Waals surface area contributed by atoms with Gasteiger partial charge in [-0.15, -0.1) is 0 Å². The molecule has 0 radical (unpaired) electrons. The summed E-state index contributed by atoms with van der Waals surface area (Å²) < 4.78 is 27.2. The lowest BCUT2D eigenvalue weighted by Gasteiger charge is -2.33. The first kappa shape index (κ1) is 19.0. The molecule has 3 rings (SSSR count). The second kappa shape index (κ2) is 8.26. The van der Waals surface area contributed by atoms with Gasteiger partial charge in [0.25, 0.3) is 5.91 Å². The summed E-state index contributed by atoms with van der Waals surface area (Å²) in [4.78, 5) is 26.7. The van der Waals surface area contributed by atoms with Crippen LogP contribution in [0.5, 0.6) is 0 Å². The summed E-state index contributed by atoms with van der Waals surface area (Å²) in [5.74, 6) is -1.93. The quantitative estimate of drug-likeness (QED) is 0.781. The minimum absolute atomic E-state index is 0.0353. The summed E-state index contributed by atoms with van der Waals surface area (Å²) in [5.41, 5.74) is 1.32. The number of quaternary nitrogens is 1. The third-order valence-electron chi connectivity index (χ3n) is 4.75. The molecule has 0 atom stereocenters. The van der Waals surface area contributed by atoms with Gasteiger partial charge in [0.1, 0.15) is 17.3 Å². The van der Waals surface area contributed by atoms with Crippen molar-refractivity contribution in [2.75, 3.05) is 42.9 Å². The first-order chi connectivity index (χ1) is 12.9. The molecule has 142 valence electrons. The number of amides is 1. The van der Waals surface area contributed by atoms with E-state index in [1.165, 1.54) is 13.0 Å². The van der Waals surface area contributed by atoms with Crippen molar-refractivity contribution in [3.8, 4) is 0 Å². The average molecular weight is 374 g/mol. The second-order valence-corrected chi connectivity index (χ2v) is 6.66. The number of nitrogens with one attached hydrogen (secondary N) is 2. The van der Waals surface area contributed by atoms with Gasteiger partial charge in [-0.3, -0.25) is 9.59 Å². The van der Waals surface area contributed by atoms with Crippen LogP contribution in [-0.4, -0.2) is 44.4 Å². The second-order valence-electron chi connectivity index (χ2n) is 6.66. The van der Waals surface area contributed by atoms with E-state index < -0.39 is 23.2 Å². The molecule has 7 heteroatoms. The van der Waals surface area contributed by atoms with Gasteiger partial charge in [-0.25, -0.2) is 8.78 Å². The fraction of sp³-hybridized carbons (Fsp3) is 0.300. The van der Waals surface area contributed by atoms with E-state index in [1.807, 2.05) is 24.3 Å². The highest BCUT2D eigenvalue weighted by Gasteiger charge is 2.23. The van der Waals surface area contributed by atoms with Gasteiger partial charge in [0.15, 0.2) is 12.3 Å². The minimum atomic E-state index is -0.780. The number of hydrogen-bond acceptors (Lipinski definition) is 3. The van der Waals surface area contributed by atoms with Crippen LogP contribution in [0.25, 0.3) is 0 Å². The number of hydrogen-bond donors (Lipinski definition) is 2. The van der Waals surface area contributed by atoms with Gasteiger partial charge in [0, 0.05) is 11.3 Å². The monoisotopic (exact) mass is 374 g/mol. The number of carbonyl (C=O) groups is 2. The normalized spacial score (nSPS) is 14.9. The average Bonchev–Trinajstić information content (AvgIpc) is 2.65. The van der Waals surface area contributed by atoms with Crippen LogP contribution in [0, 0.1) is 11.6 Å². The molecule has 1 fully saturated rings. The molecule has 0 unspecified atom stereocenters. The van der Waals surface area contributed by atoms with Crippen LogP contribution in [0.15, 0.2) is 42.5 Å². The van der Waals surface area contributed by atoms with Gasteiger partial charge in [0.05, 0.1) is 26.2 Å². The summed E-state index contributed by atoms with van der Waals surface area (Å²) in [6, 6.07) is 11.0. The predicted molar refractivity (Wildman–Crippen MR) is 99.2 cm³/mol. The molecule has 1 amide bonds. The zero-order chi connectivity index (χ0) is 19.4. The summed E-state index contributed by atoms with van der Waals surface area (Å²) >= 11 is 0. The highest BCUT2D eigenvalue weighted by molar-refractivity contribution is 5.94. The van der Waals surface area contributed by atoms with Crippen molar-refractivity contribution in [1.29, 1.82) is 0 Å². The molecule has 5 nitrogen and oxygen atoms in total. The predicted octanol–water partition coefficient (Wildman–Crippen LogP) is 1.51. The molecule has 0 aliphatic carbocycles. The number of ketones is 1. The molecular weight excluding hydrogens is 352 g/mol. The standard InChI is InChI=1S/C20H21F2N3O2/c1-14(26)15-5-7-16(8-6-15)25-11-9-24(10-12-25)13-19(27)23-20-17(21)3-2-4-18(20)22/h2-8H,9-13H2,1H3,(H,23,27)/p+1. The van der Waals surface area contributed by atoms with E-state index in [2.05, 4.69) is 10.2 Å². The van der Waals surface area contributed by atoms with E-state index in [0.29, 0.717) is 5.56 Å². The zero-order valence-electron chi connectivity index (χ0n) is 15.1. The molecule has 0 aromatic heterocycles. The van der Waals surface area contributed by atoms with Gasteiger partial charge in [-0.2, -0.15) is 0 Å². The Labute approximate surface area is 156 Å². The maximum Gasteiger partial charge on any atom is 0.279 e. The summed E-state index contributed by atoms with van der Waals surface area (Å²) in [6.07, 6.45) is 0. The third kappa shape index (κ3) is 4.68. The van der Waals surface area contributed by atoms with Crippen molar-refractivity contribution in [1.82, 2.24) is 0 Å². The summed E-state index contributed by atoms with van der Waals surface area (Å²) in [5, 5.41) is 2.33. The van der Waals surface area contributed by atoms with Crippen LogP contribution in [0.3, 0.4) is 0 Å². The lowest BCUT2D eigenvalue weighted by atomic mass is 10.1. The van der Waals surface area contributed by atoms with Crippen molar-refractivity contribution in [2.45, 2.75) is 6.92 Å². The molecule has 1 aliphatic rings. The molecular formula is C20H22F2N3O2+. The van der Waals surface area contributed by atoms with Gasteiger partial charge >= 0.3 is 0 Å².